The van der Waals surface area contributed by atoms with Crippen LogP contribution in [0.1, 0.15) is 6.92 Å². The van der Waals surface area contributed by atoms with Gasteiger partial charge in [-0.25, -0.2) is 0 Å². The van der Waals surface area contributed by atoms with Crippen LogP contribution in [-0.4, -0.2) is 33.8 Å². The second kappa shape index (κ2) is 3.49. The highest BCUT2D eigenvalue weighted by Crippen LogP contribution is 2.18. The monoisotopic (exact) mass is 192 g/mol. The molecule has 0 unspecified atom stereocenters. The highest BCUT2D eigenvalue weighted by Gasteiger charge is 2.06. The summed E-state index contributed by atoms with van der Waals surface area (Å²) in [7, 11) is 1.82. The molecule has 2 aromatic heterocycles. The smallest absolute Gasteiger partial charge is 0.226 e. The molecule has 0 spiro atoms. The first kappa shape index (κ1) is 8.74. The maximum absolute atomic E-state index is 4.29. The molecule has 0 amide bonds. The van der Waals surface area contributed by atoms with Gasteiger partial charge in [-0.2, -0.15) is 15.1 Å². The predicted molar refractivity (Wildman–Crippen MR) is 55.4 cm³/mol. The number of rotatable bonds is 3. The summed E-state index contributed by atoms with van der Waals surface area (Å²) in [6.07, 6.45) is 1.71. The van der Waals surface area contributed by atoms with Gasteiger partial charge < -0.3 is 10.6 Å². The molecule has 3 N–H and O–H groups in total. The van der Waals surface area contributed by atoms with Gasteiger partial charge in [0.15, 0.2) is 5.65 Å². The van der Waals surface area contributed by atoms with E-state index in [1.54, 1.807) is 6.20 Å². The van der Waals surface area contributed by atoms with E-state index in [-0.39, 0.29) is 0 Å². The van der Waals surface area contributed by atoms with Crippen molar-refractivity contribution in [1.82, 2.24) is 20.2 Å². The van der Waals surface area contributed by atoms with Crippen molar-refractivity contribution in [3.63, 3.8) is 0 Å². The van der Waals surface area contributed by atoms with Gasteiger partial charge in [0, 0.05) is 13.6 Å². The van der Waals surface area contributed by atoms with E-state index in [0.29, 0.717) is 5.95 Å². The third-order valence-corrected chi connectivity index (χ3v) is 1.88. The Morgan fingerprint density at radius 1 is 1.43 bits per heavy atom. The molecule has 0 aliphatic rings. The van der Waals surface area contributed by atoms with Crippen molar-refractivity contribution in [2.45, 2.75) is 6.92 Å². The summed E-state index contributed by atoms with van der Waals surface area (Å²) >= 11 is 0. The standard InChI is InChI=1S/C8H12N6/c1-3-10-8-12-6(9-2)5-4-11-14-7(5)13-8/h4H,3H2,1-2H3,(H3,9,10,11,12,13,14). The van der Waals surface area contributed by atoms with Gasteiger partial charge in [-0.05, 0) is 6.92 Å². The quantitative estimate of drug-likeness (QED) is 0.671. The fraction of sp³-hybridized carbons (Fsp3) is 0.375. The summed E-state index contributed by atoms with van der Waals surface area (Å²) < 4.78 is 0. The second-order valence-corrected chi connectivity index (χ2v) is 2.81. The van der Waals surface area contributed by atoms with Gasteiger partial charge in [-0.1, -0.05) is 0 Å². The molecule has 2 rings (SSSR count). The maximum Gasteiger partial charge on any atom is 0.226 e. The van der Waals surface area contributed by atoms with E-state index >= 15 is 0 Å². The zero-order valence-corrected chi connectivity index (χ0v) is 8.13. The van der Waals surface area contributed by atoms with Crippen LogP contribution in [0.5, 0.6) is 0 Å². The second-order valence-electron chi connectivity index (χ2n) is 2.81. The number of anilines is 2. The molecule has 0 saturated carbocycles. The molecule has 0 fully saturated rings. The molecular formula is C8H12N6. The predicted octanol–water partition coefficient (Wildman–Crippen LogP) is 0.826. The number of nitrogens with one attached hydrogen (secondary N) is 3. The summed E-state index contributed by atoms with van der Waals surface area (Å²) in [6, 6.07) is 0. The zero-order chi connectivity index (χ0) is 9.97. The van der Waals surface area contributed by atoms with Gasteiger partial charge in [-0.15, -0.1) is 0 Å². The van der Waals surface area contributed by atoms with Crippen LogP contribution in [0.4, 0.5) is 11.8 Å². The number of hydrogen-bond acceptors (Lipinski definition) is 5. The molecule has 0 aliphatic heterocycles. The third kappa shape index (κ3) is 1.34. The van der Waals surface area contributed by atoms with Gasteiger partial charge in [0.2, 0.25) is 5.95 Å². The Hall–Kier alpha value is -1.85. The van der Waals surface area contributed by atoms with Crippen LogP contribution < -0.4 is 10.6 Å². The first-order valence-electron chi connectivity index (χ1n) is 4.48. The molecule has 0 aliphatic carbocycles. The molecule has 74 valence electrons. The number of aromatic nitrogens is 4. The van der Waals surface area contributed by atoms with E-state index in [1.807, 2.05) is 14.0 Å². The normalized spacial score (nSPS) is 10.4. The first-order chi connectivity index (χ1) is 6.85. The van der Waals surface area contributed by atoms with Gasteiger partial charge in [-0.3, -0.25) is 5.10 Å². The first-order valence-corrected chi connectivity index (χ1v) is 4.48. The number of aromatic amines is 1. The van der Waals surface area contributed by atoms with Crippen LogP contribution in [0.15, 0.2) is 6.20 Å². The topological polar surface area (TPSA) is 78.5 Å². The number of H-pyrrole nitrogens is 1. The Bertz CT molecular complexity index is 434. The minimum atomic E-state index is 0.605. The fourth-order valence-electron chi connectivity index (χ4n) is 1.26. The molecule has 2 aromatic rings. The van der Waals surface area contributed by atoms with E-state index in [1.165, 1.54) is 0 Å². The fourth-order valence-corrected chi connectivity index (χ4v) is 1.26. The van der Waals surface area contributed by atoms with Crippen molar-refractivity contribution >= 4 is 22.8 Å². The Morgan fingerprint density at radius 3 is 3.00 bits per heavy atom. The average Bonchev–Trinajstić information content (AvgIpc) is 2.65. The van der Waals surface area contributed by atoms with Crippen LogP contribution in [0.2, 0.25) is 0 Å². The lowest BCUT2D eigenvalue weighted by Crippen LogP contribution is -2.04. The molecule has 6 nitrogen and oxygen atoms in total. The van der Waals surface area contributed by atoms with E-state index in [2.05, 4.69) is 30.8 Å². The van der Waals surface area contributed by atoms with Crippen molar-refractivity contribution in [3.8, 4) is 0 Å². The van der Waals surface area contributed by atoms with Gasteiger partial charge >= 0.3 is 0 Å². The maximum atomic E-state index is 4.29. The van der Waals surface area contributed by atoms with Crippen molar-refractivity contribution in [2.24, 2.45) is 0 Å². The Morgan fingerprint density at radius 2 is 2.29 bits per heavy atom. The molecule has 14 heavy (non-hydrogen) atoms. The van der Waals surface area contributed by atoms with Crippen LogP contribution in [0, 0.1) is 0 Å². The average molecular weight is 192 g/mol. The van der Waals surface area contributed by atoms with Gasteiger partial charge in [0.25, 0.3) is 0 Å². The van der Waals surface area contributed by atoms with Crippen LogP contribution in [0.3, 0.4) is 0 Å². The van der Waals surface area contributed by atoms with Crippen molar-refractivity contribution in [2.75, 3.05) is 24.2 Å². The lowest BCUT2D eigenvalue weighted by molar-refractivity contribution is 1.07. The largest absolute Gasteiger partial charge is 0.372 e. The highest BCUT2D eigenvalue weighted by molar-refractivity contribution is 5.86. The zero-order valence-electron chi connectivity index (χ0n) is 8.13. The molecule has 0 atom stereocenters. The van der Waals surface area contributed by atoms with Gasteiger partial charge in [0.1, 0.15) is 5.82 Å². The minimum absolute atomic E-state index is 0.605. The summed E-state index contributed by atoms with van der Waals surface area (Å²) in [6.45, 7) is 2.79. The molecule has 2 heterocycles. The minimum Gasteiger partial charge on any atom is -0.372 e. The molecule has 0 saturated heterocycles. The molecule has 0 radical (unpaired) electrons. The Balaban J connectivity index is 2.55. The SMILES string of the molecule is CCNc1nc(NC)c2cn[nH]c2n1. The number of fused-ring (bicyclic) bond motifs is 1. The molecule has 0 aromatic carbocycles. The lowest BCUT2D eigenvalue weighted by Gasteiger charge is -2.04. The highest BCUT2D eigenvalue weighted by atomic mass is 15.2. The van der Waals surface area contributed by atoms with Gasteiger partial charge in [0.05, 0.1) is 11.6 Å². The van der Waals surface area contributed by atoms with Crippen LogP contribution in [0.25, 0.3) is 11.0 Å². The molecular weight excluding hydrogens is 180 g/mol. The molecule has 0 bridgehead atoms. The summed E-state index contributed by atoms with van der Waals surface area (Å²) in [5.41, 5.74) is 0.736. The van der Waals surface area contributed by atoms with Crippen LogP contribution >= 0.6 is 0 Å². The van der Waals surface area contributed by atoms with Crippen molar-refractivity contribution in [1.29, 1.82) is 0 Å². The number of hydrogen-bond donors (Lipinski definition) is 3. The summed E-state index contributed by atoms with van der Waals surface area (Å²) in [5.74, 6) is 1.38. The van der Waals surface area contributed by atoms with Crippen LogP contribution in [-0.2, 0) is 0 Å². The van der Waals surface area contributed by atoms with E-state index < -0.39 is 0 Å². The van der Waals surface area contributed by atoms with E-state index in [0.717, 1.165) is 23.4 Å². The van der Waals surface area contributed by atoms with E-state index in [9.17, 15) is 0 Å². The van der Waals surface area contributed by atoms with E-state index in [4.69, 9.17) is 0 Å². The summed E-state index contributed by atoms with van der Waals surface area (Å²) in [4.78, 5) is 8.54. The Kier molecular flexibility index (Phi) is 2.18. The van der Waals surface area contributed by atoms with Crippen molar-refractivity contribution in [3.05, 3.63) is 6.20 Å². The summed E-state index contributed by atoms with van der Waals surface area (Å²) in [5, 5.41) is 13.7. The lowest BCUT2D eigenvalue weighted by atomic mass is 10.4. The third-order valence-electron chi connectivity index (χ3n) is 1.88. The van der Waals surface area contributed by atoms with Crippen molar-refractivity contribution < 1.29 is 0 Å². The number of nitrogens with zero attached hydrogens (tertiary/aromatic N) is 3. The molecule has 6 heteroatoms. The Labute approximate surface area is 81.1 Å².